The number of hydrogen-bond acceptors (Lipinski definition) is 3. The molecule has 18 heavy (non-hydrogen) atoms. The molecule has 0 aliphatic carbocycles. The van der Waals surface area contributed by atoms with Gasteiger partial charge in [-0.1, -0.05) is 13.3 Å². The van der Waals surface area contributed by atoms with E-state index in [2.05, 4.69) is 44.9 Å². The molecule has 1 aromatic rings. The van der Waals surface area contributed by atoms with Gasteiger partial charge in [0, 0.05) is 24.3 Å². The molecule has 1 unspecified atom stereocenters. The first-order valence-corrected chi connectivity index (χ1v) is 6.77. The molecule has 1 heterocycles. The minimum Gasteiger partial charge on any atom is -0.491 e. The molecule has 0 aromatic carbocycles. The number of nitrogens with zero attached hydrogens (tertiary/aromatic N) is 1. The number of nitrogens with one attached hydrogen (secondary N) is 1. The van der Waals surface area contributed by atoms with Crippen LogP contribution in [0.4, 0.5) is 0 Å². The molecule has 3 heteroatoms. The summed E-state index contributed by atoms with van der Waals surface area (Å²) in [4.78, 5) is 4.35. The van der Waals surface area contributed by atoms with Crippen LogP contribution < -0.4 is 10.1 Å². The highest BCUT2D eigenvalue weighted by atomic mass is 16.5. The Balaban J connectivity index is 2.56. The van der Waals surface area contributed by atoms with Crippen LogP contribution in [0.25, 0.3) is 0 Å². The predicted octanol–water partition coefficient (Wildman–Crippen LogP) is 3.54. The van der Waals surface area contributed by atoms with E-state index in [1.165, 1.54) is 0 Å². The lowest BCUT2D eigenvalue weighted by Gasteiger charge is -2.20. The first kappa shape index (κ1) is 15.0. The van der Waals surface area contributed by atoms with Crippen molar-refractivity contribution in [2.24, 2.45) is 0 Å². The summed E-state index contributed by atoms with van der Waals surface area (Å²) in [5, 5.41) is 3.43. The summed E-state index contributed by atoms with van der Waals surface area (Å²) >= 11 is 0. The van der Waals surface area contributed by atoms with Gasteiger partial charge in [0.15, 0.2) is 0 Å². The third-order valence-electron chi connectivity index (χ3n) is 2.62. The van der Waals surface area contributed by atoms with Gasteiger partial charge in [0.2, 0.25) is 0 Å². The van der Waals surface area contributed by atoms with Gasteiger partial charge in [0.05, 0.1) is 11.8 Å². The van der Waals surface area contributed by atoms with E-state index in [0.717, 1.165) is 30.8 Å². The second-order valence-electron chi connectivity index (χ2n) is 5.80. The van der Waals surface area contributed by atoms with Crippen LogP contribution in [0.3, 0.4) is 0 Å². The zero-order valence-electron chi connectivity index (χ0n) is 12.3. The largest absolute Gasteiger partial charge is 0.491 e. The first-order chi connectivity index (χ1) is 8.40. The maximum absolute atomic E-state index is 5.86. The van der Waals surface area contributed by atoms with Gasteiger partial charge >= 0.3 is 0 Å². The Morgan fingerprint density at radius 1 is 1.39 bits per heavy atom. The minimum atomic E-state index is 0.105. The van der Waals surface area contributed by atoms with E-state index in [1.807, 2.05) is 18.3 Å². The highest BCUT2D eigenvalue weighted by Gasteiger charge is 2.09. The number of ether oxygens (including phenoxy) is 1. The van der Waals surface area contributed by atoms with Crippen LogP contribution in [0.1, 0.15) is 53.2 Å². The van der Waals surface area contributed by atoms with Crippen molar-refractivity contribution in [3.05, 3.63) is 24.0 Å². The number of pyridine rings is 1. The molecule has 0 spiro atoms. The van der Waals surface area contributed by atoms with Crippen LogP contribution in [-0.2, 0) is 6.54 Å². The van der Waals surface area contributed by atoms with Gasteiger partial charge < -0.3 is 10.1 Å². The minimum absolute atomic E-state index is 0.105. The highest BCUT2D eigenvalue weighted by Crippen LogP contribution is 2.15. The SMILES string of the molecule is CCCC(C)Oc1ccnc(CNC(C)(C)C)c1. The summed E-state index contributed by atoms with van der Waals surface area (Å²) in [6.45, 7) is 11.5. The standard InChI is InChI=1S/C15H26N2O/c1-6-7-12(2)18-14-8-9-16-13(10-14)11-17-15(3,4)5/h8-10,12,17H,6-7,11H2,1-5H3. The lowest BCUT2D eigenvalue weighted by Crippen LogP contribution is -2.35. The molecule has 1 N–H and O–H groups in total. The maximum Gasteiger partial charge on any atom is 0.123 e. The smallest absolute Gasteiger partial charge is 0.123 e. The van der Waals surface area contributed by atoms with Crippen LogP contribution in [-0.4, -0.2) is 16.6 Å². The monoisotopic (exact) mass is 250 g/mol. The van der Waals surface area contributed by atoms with Gasteiger partial charge in [-0.05, 0) is 40.2 Å². The fourth-order valence-electron chi connectivity index (χ4n) is 1.68. The number of rotatable bonds is 6. The van der Waals surface area contributed by atoms with Crippen LogP contribution in [0, 0.1) is 0 Å². The molecule has 0 aliphatic heterocycles. The summed E-state index contributed by atoms with van der Waals surface area (Å²) in [5.74, 6) is 0.914. The van der Waals surface area contributed by atoms with Crippen molar-refractivity contribution in [3.63, 3.8) is 0 Å². The Morgan fingerprint density at radius 2 is 2.11 bits per heavy atom. The number of aromatic nitrogens is 1. The second-order valence-corrected chi connectivity index (χ2v) is 5.80. The van der Waals surface area contributed by atoms with Crippen molar-refractivity contribution in [3.8, 4) is 5.75 Å². The molecule has 102 valence electrons. The molecular weight excluding hydrogens is 224 g/mol. The van der Waals surface area contributed by atoms with E-state index in [0.29, 0.717) is 0 Å². The van der Waals surface area contributed by atoms with Gasteiger partial charge in [-0.15, -0.1) is 0 Å². The average molecular weight is 250 g/mol. The summed E-state index contributed by atoms with van der Waals surface area (Å²) < 4.78 is 5.86. The lowest BCUT2D eigenvalue weighted by molar-refractivity contribution is 0.209. The van der Waals surface area contributed by atoms with Crippen molar-refractivity contribution >= 4 is 0 Å². The molecule has 0 fully saturated rings. The van der Waals surface area contributed by atoms with Gasteiger partial charge in [0.1, 0.15) is 5.75 Å². The summed E-state index contributed by atoms with van der Waals surface area (Å²) in [5.41, 5.74) is 1.12. The Labute approximate surface area is 111 Å². The van der Waals surface area contributed by atoms with Crippen LogP contribution >= 0.6 is 0 Å². The Bertz CT molecular complexity index is 358. The van der Waals surface area contributed by atoms with Gasteiger partial charge in [-0.25, -0.2) is 0 Å². The zero-order chi connectivity index (χ0) is 13.6. The van der Waals surface area contributed by atoms with Crippen LogP contribution in [0.2, 0.25) is 0 Å². The molecule has 1 aromatic heterocycles. The lowest BCUT2D eigenvalue weighted by atomic mass is 10.1. The first-order valence-electron chi connectivity index (χ1n) is 6.77. The molecule has 0 saturated heterocycles. The van der Waals surface area contributed by atoms with Crippen LogP contribution in [0.5, 0.6) is 5.75 Å². The molecule has 0 bridgehead atoms. The molecule has 0 radical (unpaired) electrons. The molecule has 1 rings (SSSR count). The molecule has 3 nitrogen and oxygen atoms in total. The summed E-state index contributed by atoms with van der Waals surface area (Å²) in [6, 6.07) is 3.94. The van der Waals surface area contributed by atoms with E-state index in [4.69, 9.17) is 4.74 Å². The van der Waals surface area contributed by atoms with E-state index in [1.54, 1.807) is 0 Å². The van der Waals surface area contributed by atoms with Crippen molar-refractivity contribution in [1.82, 2.24) is 10.3 Å². The predicted molar refractivity (Wildman–Crippen MR) is 75.8 cm³/mol. The van der Waals surface area contributed by atoms with E-state index < -0.39 is 0 Å². The summed E-state index contributed by atoms with van der Waals surface area (Å²) in [6.07, 6.45) is 4.30. The van der Waals surface area contributed by atoms with Gasteiger partial charge in [0.25, 0.3) is 0 Å². The highest BCUT2D eigenvalue weighted by molar-refractivity contribution is 5.22. The fourth-order valence-corrected chi connectivity index (χ4v) is 1.68. The third kappa shape index (κ3) is 6.01. The van der Waals surface area contributed by atoms with Crippen molar-refractivity contribution in [2.45, 2.75) is 65.6 Å². The average Bonchev–Trinajstić information content (AvgIpc) is 2.26. The van der Waals surface area contributed by atoms with Crippen molar-refractivity contribution in [1.29, 1.82) is 0 Å². The topological polar surface area (TPSA) is 34.1 Å². The maximum atomic E-state index is 5.86. The molecule has 0 saturated carbocycles. The van der Waals surface area contributed by atoms with Crippen LogP contribution in [0.15, 0.2) is 18.3 Å². The normalized spacial score (nSPS) is 13.4. The summed E-state index contributed by atoms with van der Waals surface area (Å²) in [7, 11) is 0. The second kappa shape index (κ2) is 6.74. The van der Waals surface area contributed by atoms with Crippen molar-refractivity contribution in [2.75, 3.05) is 0 Å². The van der Waals surface area contributed by atoms with E-state index in [-0.39, 0.29) is 11.6 Å². The van der Waals surface area contributed by atoms with Crippen molar-refractivity contribution < 1.29 is 4.74 Å². The van der Waals surface area contributed by atoms with E-state index >= 15 is 0 Å². The molecule has 1 atom stereocenters. The fraction of sp³-hybridized carbons (Fsp3) is 0.667. The Morgan fingerprint density at radius 3 is 2.72 bits per heavy atom. The van der Waals surface area contributed by atoms with Gasteiger partial charge in [-0.3, -0.25) is 4.98 Å². The zero-order valence-corrected chi connectivity index (χ0v) is 12.3. The quantitative estimate of drug-likeness (QED) is 0.838. The Hall–Kier alpha value is -1.09. The third-order valence-corrected chi connectivity index (χ3v) is 2.62. The Kier molecular flexibility index (Phi) is 5.60. The molecule has 0 aliphatic rings. The number of hydrogen-bond donors (Lipinski definition) is 1. The van der Waals surface area contributed by atoms with Gasteiger partial charge in [-0.2, -0.15) is 0 Å². The van der Waals surface area contributed by atoms with E-state index in [9.17, 15) is 0 Å². The molecule has 0 amide bonds. The molecular formula is C15H26N2O.